The fourth-order valence-corrected chi connectivity index (χ4v) is 2.09. The molecule has 0 spiro atoms. The number of pyridine rings is 2. The second-order valence-corrected chi connectivity index (χ2v) is 4.18. The minimum Gasteiger partial charge on any atom is -0.336 e. The summed E-state index contributed by atoms with van der Waals surface area (Å²) < 4.78 is 1.08. The smallest absolute Gasteiger partial charge is 0.277 e. The number of hydrogen-bond acceptors (Lipinski definition) is 3. The van der Waals surface area contributed by atoms with E-state index in [1.807, 2.05) is 12.1 Å². The Labute approximate surface area is 101 Å². The van der Waals surface area contributed by atoms with Crippen LogP contribution in [0.25, 0.3) is 21.8 Å². The molecule has 0 unspecified atom stereocenters. The van der Waals surface area contributed by atoms with Gasteiger partial charge < -0.3 is 5.84 Å². The van der Waals surface area contributed by atoms with Crippen LogP contribution in [0.2, 0.25) is 5.02 Å². The van der Waals surface area contributed by atoms with Crippen molar-refractivity contribution in [3.63, 3.8) is 0 Å². The number of halogens is 1. The van der Waals surface area contributed by atoms with E-state index in [9.17, 15) is 4.79 Å². The Morgan fingerprint density at radius 1 is 1.24 bits per heavy atom. The third-order valence-corrected chi connectivity index (χ3v) is 2.93. The van der Waals surface area contributed by atoms with Crippen molar-refractivity contribution < 1.29 is 0 Å². The van der Waals surface area contributed by atoms with Gasteiger partial charge in [0.05, 0.1) is 21.4 Å². The molecule has 84 valence electrons. The van der Waals surface area contributed by atoms with Gasteiger partial charge in [0.1, 0.15) is 0 Å². The van der Waals surface area contributed by atoms with Crippen LogP contribution in [0.4, 0.5) is 0 Å². The molecule has 1 aromatic carbocycles. The predicted octanol–water partition coefficient (Wildman–Crippen LogP) is 1.92. The number of fused-ring (bicyclic) bond motifs is 3. The highest BCUT2D eigenvalue weighted by molar-refractivity contribution is 6.31. The molecule has 17 heavy (non-hydrogen) atoms. The van der Waals surface area contributed by atoms with Crippen molar-refractivity contribution in [2.45, 2.75) is 0 Å². The molecular formula is C12H8ClN3O. The van der Waals surface area contributed by atoms with Gasteiger partial charge in [-0.3, -0.25) is 9.78 Å². The van der Waals surface area contributed by atoms with Crippen molar-refractivity contribution >= 4 is 33.4 Å². The monoisotopic (exact) mass is 245 g/mol. The molecule has 0 amide bonds. The first-order chi connectivity index (χ1) is 8.18. The lowest BCUT2D eigenvalue weighted by Gasteiger charge is -2.07. The number of nitrogens with zero attached hydrogens (tertiary/aromatic N) is 2. The molecule has 0 fully saturated rings. The average molecular weight is 246 g/mol. The maximum absolute atomic E-state index is 12.0. The summed E-state index contributed by atoms with van der Waals surface area (Å²) >= 11 is 5.86. The molecule has 0 atom stereocenters. The summed E-state index contributed by atoms with van der Waals surface area (Å²) in [5, 5.41) is 1.79. The number of hydrogen-bond donors (Lipinski definition) is 1. The van der Waals surface area contributed by atoms with Crippen LogP contribution in [0.5, 0.6) is 0 Å². The van der Waals surface area contributed by atoms with Gasteiger partial charge in [-0.25, -0.2) is 4.68 Å². The molecule has 0 aliphatic heterocycles. The van der Waals surface area contributed by atoms with Crippen molar-refractivity contribution in [1.29, 1.82) is 0 Å². The van der Waals surface area contributed by atoms with Gasteiger partial charge in [-0.05, 0) is 12.1 Å². The Bertz CT molecular complexity index is 795. The minimum absolute atomic E-state index is 0.253. The first kappa shape index (κ1) is 10.1. The van der Waals surface area contributed by atoms with Crippen molar-refractivity contribution in [3.05, 3.63) is 51.9 Å². The lowest BCUT2D eigenvalue weighted by atomic mass is 10.1. The van der Waals surface area contributed by atoms with Crippen LogP contribution in [0.1, 0.15) is 0 Å². The van der Waals surface area contributed by atoms with Gasteiger partial charge in [-0.15, -0.1) is 0 Å². The second-order valence-electron chi connectivity index (χ2n) is 3.74. The summed E-state index contributed by atoms with van der Waals surface area (Å²) in [4.78, 5) is 16.3. The van der Waals surface area contributed by atoms with E-state index in [2.05, 4.69) is 4.98 Å². The molecule has 2 heterocycles. The molecule has 0 aliphatic carbocycles. The van der Waals surface area contributed by atoms with Crippen molar-refractivity contribution in [1.82, 2.24) is 9.66 Å². The van der Waals surface area contributed by atoms with E-state index in [0.717, 1.165) is 10.1 Å². The molecule has 0 radical (unpaired) electrons. The average Bonchev–Trinajstić information content (AvgIpc) is 2.36. The fourth-order valence-electron chi connectivity index (χ4n) is 1.94. The first-order valence-electron chi connectivity index (χ1n) is 5.02. The summed E-state index contributed by atoms with van der Waals surface area (Å²) in [6.45, 7) is 0. The number of nitrogens with two attached hydrogens (primary N) is 1. The van der Waals surface area contributed by atoms with Gasteiger partial charge in [-0.2, -0.15) is 0 Å². The number of rotatable bonds is 0. The highest BCUT2D eigenvalue weighted by Gasteiger charge is 2.09. The standard InChI is InChI=1S/C12H8ClN3O/c13-7-5-10-11(15-6-7)8-3-1-2-4-9(8)12(17)16(10)14/h1-6H,14H2. The molecule has 3 rings (SSSR count). The third kappa shape index (κ3) is 1.38. The number of benzene rings is 1. The van der Waals surface area contributed by atoms with E-state index < -0.39 is 0 Å². The van der Waals surface area contributed by atoms with E-state index >= 15 is 0 Å². The molecular weight excluding hydrogens is 238 g/mol. The number of nitrogen functional groups attached to an aromatic ring is 1. The summed E-state index contributed by atoms with van der Waals surface area (Å²) in [5.41, 5.74) is 0.950. The van der Waals surface area contributed by atoms with Crippen LogP contribution in [0.15, 0.2) is 41.3 Å². The molecule has 2 aromatic heterocycles. The molecule has 0 aliphatic rings. The van der Waals surface area contributed by atoms with Gasteiger partial charge in [0.2, 0.25) is 0 Å². The maximum Gasteiger partial charge on any atom is 0.277 e. The first-order valence-corrected chi connectivity index (χ1v) is 5.40. The zero-order chi connectivity index (χ0) is 12.0. The van der Waals surface area contributed by atoms with Gasteiger partial charge >= 0.3 is 0 Å². The van der Waals surface area contributed by atoms with E-state index in [1.54, 1.807) is 24.4 Å². The molecule has 0 saturated heterocycles. The van der Waals surface area contributed by atoms with Crippen LogP contribution < -0.4 is 11.4 Å². The van der Waals surface area contributed by atoms with Gasteiger partial charge in [0.25, 0.3) is 5.56 Å². The van der Waals surface area contributed by atoms with Crippen LogP contribution >= 0.6 is 11.6 Å². The second kappa shape index (κ2) is 3.46. The molecule has 3 aromatic rings. The van der Waals surface area contributed by atoms with E-state index in [4.69, 9.17) is 17.4 Å². The Kier molecular flexibility index (Phi) is 2.06. The Balaban J connectivity index is 2.70. The summed E-state index contributed by atoms with van der Waals surface area (Å²) in [7, 11) is 0. The normalized spacial score (nSPS) is 11.1. The Morgan fingerprint density at radius 3 is 2.71 bits per heavy atom. The Morgan fingerprint density at radius 2 is 1.94 bits per heavy atom. The largest absolute Gasteiger partial charge is 0.336 e. The highest BCUT2D eigenvalue weighted by atomic mass is 35.5. The maximum atomic E-state index is 12.0. The van der Waals surface area contributed by atoms with E-state index in [0.29, 0.717) is 21.4 Å². The Hall–Kier alpha value is -2.07. The molecule has 0 saturated carbocycles. The van der Waals surface area contributed by atoms with Crippen LogP contribution in [-0.4, -0.2) is 9.66 Å². The zero-order valence-corrected chi connectivity index (χ0v) is 9.48. The van der Waals surface area contributed by atoms with E-state index in [1.165, 1.54) is 0 Å². The predicted molar refractivity (Wildman–Crippen MR) is 68.7 cm³/mol. The SMILES string of the molecule is Nn1c(=O)c2ccccc2c2ncc(Cl)cc21. The molecule has 0 bridgehead atoms. The molecule has 2 N–H and O–H groups in total. The zero-order valence-electron chi connectivity index (χ0n) is 8.72. The van der Waals surface area contributed by atoms with Crippen molar-refractivity contribution in [2.75, 3.05) is 5.84 Å². The van der Waals surface area contributed by atoms with Crippen LogP contribution in [-0.2, 0) is 0 Å². The lowest BCUT2D eigenvalue weighted by Crippen LogP contribution is -2.27. The van der Waals surface area contributed by atoms with Crippen molar-refractivity contribution in [2.24, 2.45) is 0 Å². The van der Waals surface area contributed by atoms with Gasteiger partial charge in [0, 0.05) is 11.6 Å². The lowest BCUT2D eigenvalue weighted by molar-refractivity contribution is 1.00. The highest BCUT2D eigenvalue weighted by Crippen LogP contribution is 2.21. The van der Waals surface area contributed by atoms with Crippen LogP contribution in [0, 0.1) is 0 Å². The van der Waals surface area contributed by atoms with Gasteiger partial charge in [0.15, 0.2) is 0 Å². The van der Waals surface area contributed by atoms with E-state index in [-0.39, 0.29) is 5.56 Å². The summed E-state index contributed by atoms with van der Waals surface area (Å²) in [5.74, 6) is 5.76. The quantitative estimate of drug-likeness (QED) is 0.486. The number of aromatic nitrogens is 2. The van der Waals surface area contributed by atoms with Crippen LogP contribution in [0.3, 0.4) is 0 Å². The summed E-state index contributed by atoms with van der Waals surface area (Å²) in [6.07, 6.45) is 1.54. The summed E-state index contributed by atoms with van der Waals surface area (Å²) in [6, 6.07) is 8.87. The molecule has 5 heteroatoms. The fraction of sp³-hybridized carbons (Fsp3) is 0. The minimum atomic E-state index is -0.253. The van der Waals surface area contributed by atoms with Gasteiger partial charge in [-0.1, -0.05) is 29.8 Å². The third-order valence-electron chi connectivity index (χ3n) is 2.73. The van der Waals surface area contributed by atoms with Crippen molar-refractivity contribution in [3.8, 4) is 0 Å². The molecule has 4 nitrogen and oxygen atoms in total. The topological polar surface area (TPSA) is 60.9 Å².